The van der Waals surface area contributed by atoms with E-state index in [-0.39, 0.29) is 24.7 Å². The van der Waals surface area contributed by atoms with Gasteiger partial charge in [0.1, 0.15) is 0 Å². The molecule has 1 aromatic carbocycles. The van der Waals surface area contributed by atoms with Crippen LogP contribution in [0.15, 0.2) is 24.3 Å². The molecular formula is C13H15N3O3. The van der Waals surface area contributed by atoms with Gasteiger partial charge in [0.2, 0.25) is 5.91 Å². The Hall–Kier alpha value is -2.39. The number of nitrogens with zero attached hydrogens (tertiary/aromatic N) is 1. The fourth-order valence-corrected chi connectivity index (χ4v) is 1.49. The van der Waals surface area contributed by atoms with E-state index in [0.717, 1.165) is 0 Å². The van der Waals surface area contributed by atoms with Crippen LogP contribution in [0.2, 0.25) is 0 Å². The number of hydrogen-bond donors (Lipinski definition) is 2. The summed E-state index contributed by atoms with van der Waals surface area (Å²) in [4.78, 5) is 21.9. The Morgan fingerprint density at radius 2 is 2.21 bits per heavy atom. The first-order chi connectivity index (χ1) is 9.06. The predicted octanol–water partition coefficient (Wildman–Crippen LogP) is 0.822. The lowest BCUT2D eigenvalue weighted by Gasteiger charge is -2.13. The van der Waals surface area contributed by atoms with Crippen LogP contribution in [0.1, 0.15) is 12.5 Å². The fraction of sp³-hybridized carbons (Fsp3) is 0.308. The van der Waals surface area contributed by atoms with Crippen LogP contribution in [-0.4, -0.2) is 23.4 Å². The Balaban J connectivity index is 2.60. The number of nitro benzene ring substituents is 1. The summed E-state index contributed by atoms with van der Waals surface area (Å²) in [5, 5.41) is 16.3. The lowest BCUT2D eigenvalue weighted by Crippen LogP contribution is -2.41. The van der Waals surface area contributed by atoms with Crippen molar-refractivity contribution in [1.29, 1.82) is 0 Å². The predicted molar refractivity (Wildman–Crippen MR) is 71.2 cm³/mol. The number of nitro groups is 1. The Morgan fingerprint density at radius 1 is 1.53 bits per heavy atom. The fourth-order valence-electron chi connectivity index (χ4n) is 1.49. The molecular weight excluding hydrogens is 246 g/mol. The lowest BCUT2D eigenvalue weighted by atomic mass is 10.1. The third kappa shape index (κ3) is 4.41. The minimum absolute atomic E-state index is 0.0335. The number of terminal acetylenes is 1. The smallest absolute Gasteiger partial charge is 0.273 e. The number of amides is 1. The molecule has 6 heteroatoms. The summed E-state index contributed by atoms with van der Waals surface area (Å²) < 4.78 is 0. The molecule has 100 valence electrons. The van der Waals surface area contributed by atoms with Gasteiger partial charge in [0.25, 0.3) is 5.69 Å². The maximum Gasteiger partial charge on any atom is 0.273 e. The normalized spacial score (nSPS) is 11.4. The van der Waals surface area contributed by atoms with E-state index in [1.165, 1.54) is 6.07 Å². The van der Waals surface area contributed by atoms with E-state index < -0.39 is 11.0 Å². The number of hydrogen-bond acceptors (Lipinski definition) is 4. The number of nitrogens with one attached hydrogen (secondary N) is 2. The highest BCUT2D eigenvalue weighted by Gasteiger charge is 2.15. The molecule has 0 bridgehead atoms. The molecule has 0 heterocycles. The van der Waals surface area contributed by atoms with Gasteiger partial charge in [-0.05, 0) is 6.92 Å². The van der Waals surface area contributed by atoms with E-state index >= 15 is 0 Å². The minimum Gasteiger partial charge on any atom is -0.344 e. The van der Waals surface area contributed by atoms with Crippen molar-refractivity contribution in [1.82, 2.24) is 10.6 Å². The van der Waals surface area contributed by atoms with E-state index in [0.29, 0.717) is 5.56 Å². The van der Waals surface area contributed by atoms with E-state index in [1.54, 1.807) is 25.1 Å². The molecule has 0 fully saturated rings. The average Bonchev–Trinajstić information content (AvgIpc) is 2.42. The number of carbonyl (C=O) groups is 1. The number of rotatable bonds is 6. The molecule has 2 N–H and O–H groups in total. The maximum atomic E-state index is 11.5. The summed E-state index contributed by atoms with van der Waals surface area (Å²) in [6.07, 6.45) is 5.04. The van der Waals surface area contributed by atoms with Crippen LogP contribution in [0, 0.1) is 22.5 Å². The zero-order valence-electron chi connectivity index (χ0n) is 10.6. The van der Waals surface area contributed by atoms with E-state index in [2.05, 4.69) is 16.6 Å². The van der Waals surface area contributed by atoms with E-state index in [4.69, 9.17) is 6.42 Å². The highest BCUT2D eigenvalue weighted by atomic mass is 16.6. The molecule has 1 atom stereocenters. The molecule has 1 rings (SSSR count). The van der Waals surface area contributed by atoms with Gasteiger partial charge in [-0.1, -0.05) is 24.1 Å². The van der Waals surface area contributed by atoms with Crippen molar-refractivity contribution < 1.29 is 9.72 Å². The maximum absolute atomic E-state index is 11.5. The van der Waals surface area contributed by atoms with Gasteiger partial charge in [-0.25, -0.2) is 0 Å². The van der Waals surface area contributed by atoms with Gasteiger partial charge in [-0.3, -0.25) is 14.9 Å². The Kier molecular flexibility index (Phi) is 5.51. The molecule has 0 saturated carbocycles. The van der Waals surface area contributed by atoms with Crippen LogP contribution in [0.5, 0.6) is 0 Å². The summed E-state index contributed by atoms with van der Waals surface area (Å²) in [5.41, 5.74) is 0.565. The van der Waals surface area contributed by atoms with Crippen molar-refractivity contribution in [2.45, 2.75) is 19.5 Å². The molecule has 0 aliphatic heterocycles. The standard InChI is InChI=1S/C13H15N3O3/c1-3-8-14-13(17)10(2)15-9-11-6-4-5-7-12(11)16(18)19/h1,4-7,10,15H,8-9H2,2H3,(H,14,17). The molecule has 0 radical (unpaired) electrons. The SMILES string of the molecule is C#CCNC(=O)C(C)NCc1ccccc1[N+](=O)[O-]. The minimum atomic E-state index is -0.479. The van der Waals surface area contributed by atoms with E-state index in [1.807, 2.05) is 0 Å². The summed E-state index contributed by atoms with van der Waals surface area (Å²) >= 11 is 0. The van der Waals surface area contributed by atoms with Crippen LogP contribution in [0.3, 0.4) is 0 Å². The highest BCUT2D eigenvalue weighted by molar-refractivity contribution is 5.81. The monoisotopic (exact) mass is 261 g/mol. The van der Waals surface area contributed by atoms with Gasteiger partial charge < -0.3 is 10.6 Å². The van der Waals surface area contributed by atoms with Crippen molar-refractivity contribution in [3.8, 4) is 12.3 Å². The van der Waals surface area contributed by atoms with Gasteiger partial charge in [0.15, 0.2) is 0 Å². The van der Waals surface area contributed by atoms with Crippen molar-refractivity contribution in [2.75, 3.05) is 6.54 Å². The number of para-hydroxylation sites is 1. The van der Waals surface area contributed by atoms with E-state index in [9.17, 15) is 14.9 Å². The molecule has 1 aromatic rings. The van der Waals surface area contributed by atoms with Crippen LogP contribution >= 0.6 is 0 Å². The summed E-state index contributed by atoms with van der Waals surface area (Å²) in [7, 11) is 0. The quantitative estimate of drug-likeness (QED) is 0.451. The largest absolute Gasteiger partial charge is 0.344 e. The second kappa shape index (κ2) is 7.13. The van der Waals surface area contributed by atoms with Crippen molar-refractivity contribution in [3.63, 3.8) is 0 Å². The molecule has 0 aromatic heterocycles. The van der Waals surface area contributed by atoms with Crippen LogP contribution in [0.4, 0.5) is 5.69 Å². The van der Waals surface area contributed by atoms with Gasteiger partial charge in [0.05, 0.1) is 17.5 Å². The third-order valence-electron chi connectivity index (χ3n) is 2.54. The molecule has 0 aliphatic carbocycles. The molecule has 1 amide bonds. The van der Waals surface area contributed by atoms with Gasteiger partial charge >= 0.3 is 0 Å². The molecule has 0 aliphatic rings. The number of carbonyl (C=O) groups excluding carboxylic acids is 1. The molecule has 19 heavy (non-hydrogen) atoms. The first kappa shape index (κ1) is 14.7. The van der Waals surface area contributed by atoms with Crippen molar-refractivity contribution in [2.24, 2.45) is 0 Å². The second-order valence-corrected chi connectivity index (χ2v) is 3.91. The zero-order valence-corrected chi connectivity index (χ0v) is 10.6. The van der Waals surface area contributed by atoms with Crippen LogP contribution in [-0.2, 0) is 11.3 Å². The van der Waals surface area contributed by atoms with Crippen molar-refractivity contribution >= 4 is 11.6 Å². The molecule has 0 saturated heterocycles. The second-order valence-electron chi connectivity index (χ2n) is 3.91. The molecule has 1 unspecified atom stereocenters. The topological polar surface area (TPSA) is 84.3 Å². The first-order valence-corrected chi connectivity index (χ1v) is 5.73. The third-order valence-corrected chi connectivity index (χ3v) is 2.54. The average molecular weight is 261 g/mol. The summed E-state index contributed by atoms with van der Waals surface area (Å²) in [5.74, 6) is 2.06. The molecule has 0 spiro atoms. The zero-order chi connectivity index (χ0) is 14.3. The lowest BCUT2D eigenvalue weighted by molar-refractivity contribution is -0.385. The number of benzene rings is 1. The van der Waals surface area contributed by atoms with Gasteiger partial charge in [-0.2, -0.15) is 0 Å². The Labute approximate surface area is 111 Å². The molecule has 6 nitrogen and oxygen atoms in total. The Bertz CT molecular complexity index is 508. The van der Waals surface area contributed by atoms with Crippen molar-refractivity contribution in [3.05, 3.63) is 39.9 Å². The summed E-state index contributed by atoms with van der Waals surface area (Å²) in [6, 6.07) is 5.92. The summed E-state index contributed by atoms with van der Waals surface area (Å²) in [6.45, 7) is 2.07. The van der Waals surface area contributed by atoms with Crippen LogP contribution in [0.25, 0.3) is 0 Å². The van der Waals surface area contributed by atoms with Crippen LogP contribution < -0.4 is 10.6 Å². The highest BCUT2D eigenvalue weighted by Crippen LogP contribution is 2.17. The van der Waals surface area contributed by atoms with Gasteiger partial charge in [-0.15, -0.1) is 6.42 Å². The van der Waals surface area contributed by atoms with Gasteiger partial charge in [0, 0.05) is 18.2 Å². The first-order valence-electron chi connectivity index (χ1n) is 5.73. The Morgan fingerprint density at radius 3 is 2.84 bits per heavy atom.